The summed E-state index contributed by atoms with van der Waals surface area (Å²) in [5.41, 5.74) is 2.25. The monoisotopic (exact) mass is 446 g/mol. The van der Waals surface area contributed by atoms with Crippen molar-refractivity contribution in [1.82, 2.24) is 14.8 Å². The number of rotatable bonds is 4. The van der Waals surface area contributed by atoms with Crippen LogP contribution in [0.15, 0.2) is 61.1 Å². The number of amides is 1. The molecular weight excluding hydrogens is 431 g/mol. The summed E-state index contributed by atoms with van der Waals surface area (Å²) in [4.78, 5) is 15.0. The smallest absolute Gasteiger partial charge is 0.359 e. The number of hydrogen-bond donors (Lipinski definition) is 2. The van der Waals surface area contributed by atoms with E-state index in [1.54, 1.807) is 30.7 Å². The number of fused-ring (bicyclic) bond motifs is 1. The van der Waals surface area contributed by atoms with Crippen LogP contribution in [0.2, 0.25) is 0 Å². The van der Waals surface area contributed by atoms with Crippen LogP contribution in [-0.2, 0) is 11.0 Å². The summed E-state index contributed by atoms with van der Waals surface area (Å²) in [6.07, 6.45) is -0.0930. The molecule has 1 amide bonds. The zero-order chi connectivity index (χ0) is 22.7. The highest BCUT2D eigenvalue weighted by atomic mass is 19.4. The highest BCUT2D eigenvalue weighted by Gasteiger charge is 2.61. The maximum Gasteiger partial charge on any atom is 0.416 e. The Morgan fingerprint density at radius 2 is 1.84 bits per heavy atom. The molecule has 1 unspecified atom stereocenters. The van der Waals surface area contributed by atoms with Crippen molar-refractivity contribution in [3.63, 3.8) is 0 Å². The molecular formula is C22H15F5N4O. The lowest BCUT2D eigenvalue weighted by molar-refractivity contribution is -0.137. The number of carbonyl (C=O) groups excluding carboxylic acids is 1. The molecule has 2 aromatic carbocycles. The van der Waals surface area contributed by atoms with Crippen molar-refractivity contribution in [2.75, 3.05) is 5.32 Å². The van der Waals surface area contributed by atoms with Crippen molar-refractivity contribution in [3.05, 3.63) is 66.6 Å². The predicted molar refractivity (Wildman–Crippen MR) is 108 cm³/mol. The topological polar surface area (TPSA) is 62.7 Å². The van der Waals surface area contributed by atoms with Crippen molar-refractivity contribution in [3.8, 4) is 16.8 Å². The van der Waals surface area contributed by atoms with Gasteiger partial charge in [0.25, 0.3) is 5.92 Å². The molecule has 164 valence electrons. The molecule has 5 rings (SSSR count). The Morgan fingerprint density at radius 3 is 2.50 bits per heavy atom. The molecule has 4 aromatic rings. The van der Waals surface area contributed by atoms with Crippen molar-refractivity contribution in [2.24, 2.45) is 5.92 Å². The molecule has 10 heteroatoms. The largest absolute Gasteiger partial charge is 0.416 e. The van der Waals surface area contributed by atoms with Gasteiger partial charge in [0, 0.05) is 35.3 Å². The Bertz CT molecular complexity index is 1320. The number of hydrogen-bond acceptors (Lipinski definition) is 2. The van der Waals surface area contributed by atoms with Gasteiger partial charge in [-0.25, -0.2) is 13.5 Å². The first kappa shape index (κ1) is 20.2. The normalized spacial score (nSPS) is 17.5. The SMILES string of the molecule is O=C(Nc1c[nH]c2ccc(-c3cnn(-c4ccc(C(F)(F)F)cc4)c3)cc12)C1CC1(F)F. The maximum absolute atomic E-state index is 13.2. The van der Waals surface area contributed by atoms with Gasteiger partial charge in [-0.05, 0) is 42.0 Å². The summed E-state index contributed by atoms with van der Waals surface area (Å²) >= 11 is 0. The van der Waals surface area contributed by atoms with E-state index in [-0.39, 0.29) is 0 Å². The Morgan fingerprint density at radius 1 is 1.12 bits per heavy atom. The molecule has 0 bridgehead atoms. The molecule has 2 heterocycles. The van der Waals surface area contributed by atoms with Crippen LogP contribution < -0.4 is 5.32 Å². The number of H-pyrrole nitrogens is 1. The molecule has 32 heavy (non-hydrogen) atoms. The van der Waals surface area contributed by atoms with Crippen LogP contribution in [0.25, 0.3) is 27.7 Å². The highest BCUT2D eigenvalue weighted by molar-refractivity contribution is 6.04. The zero-order valence-corrected chi connectivity index (χ0v) is 16.3. The van der Waals surface area contributed by atoms with Gasteiger partial charge in [0.2, 0.25) is 5.91 Å². The summed E-state index contributed by atoms with van der Waals surface area (Å²) in [7, 11) is 0. The fraction of sp³-hybridized carbons (Fsp3) is 0.182. The number of benzene rings is 2. The summed E-state index contributed by atoms with van der Waals surface area (Å²) in [5.74, 6) is -4.98. The van der Waals surface area contributed by atoms with Gasteiger partial charge < -0.3 is 10.3 Å². The van der Waals surface area contributed by atoms with E-state index < -0.39 is 35.9 Å². The molecule has 0 radical (unpaired) electrons. The second-order valence-corrected chi connectivity index (χ2v) is 7.69. The van der Waals surface area contributed by atoms with Gasteiger partial charge in [-0.3, -0.25) is 4.79 Å². The minimum atomic E-state index is -4.41. The number of anilines is 1. The Labute approximate surface area is 177 Å². The van der Waals surface area contributed by atoms with Gasteiger partial charge in [-0.15, -0.1) is 0 Å². The molecule has 2 aromatic heterocycles. The van der Waals surface area contributed by atoms with Crippen LogP contribution >= 0.6 is 0 Å². The number of aromatic nitrogens is 3. The van der Waals surface area contributed by atoms with Gasteiger partial charge in [0.15, 0.2) is 0 Å². The first-order chi connectivity index (χ1) is 15.1. The van der Waals surface area contributed by atoms with Crippen LogP contribution in [0.4, 0.5) is 27.6 Å². The molecule has 1 saturated carbocycles. The van der Waals surface area contributed by atoms with E-state index in [1.165, 1.54) is 16.8 Å². The van der Waals surface area contributed by atoms with Gasteiger partial charge in [0.1, 0.15) is 5.92 Å². The standard InChI is InChI=1S/C22H15F5N4O/c23-21(24)8-17(21)20(32)30-19-10-28-18-6-1-12(7-16(18)19)13-9-29-31(11-13)15-4-2-14(3-5-15)22(25,26)27/h1-7,9-11,17,28H,8H2,(H,30,32). The minimum absolute atomic E-state index is 0.393. The van der Waals surface area contributed by atoms with E-state index >= 15 is 0 Å². The van der Waals surface area contributed by atoms with Crippen LogP contribution in [0, 0.1) is 5.92 Å². The quantitative estimate of drug-likeness (QED) is 0.399. The van der Waals surface area contributed by atoms with E-state index in [9.17, 15) is 26.7 Å². The number of halogens is 5. The first-order valence-corrected chi connectivity index (χ1v) is 9.64. The van der Waals surface area contributed by atoms with Crippen LogP contribution in [0.1, 0.15) is 12.0 Å². The second-order valence-electron chi connectivity index (χ2n) is 7.69. The zero-order valence-electron chi connectivity index (χ0n) is 16.3. The van der Waals surface area contributed by atoms with E-state index in [0.29, 0.717) is 27.8 Å². The maximum atomic E-state index is 13.2. The molecule has 1 aliphatic rings. The lowest BCUT2D eigenvalue weighted by Crippen LogP contribution is -2.17. The molecule has 0 spiro atoms. The van der Waals surface area contributed by atoms with Crippen LogP contribution in [0.5, 0.6) is 0 Å². The average Bonchev–Trinajstić information content (AvgIpc) is 3.11. The van der Waals surface area contributed by atoms with E-state index in [2.05, 4.69) is 15.4 Å². The van der Waals surface area contributed by atoms with Crippen molar-refractivity contribution >= 4 is 22.5 Å². The van der Waals surface area contributed by atoms with Crippen molar-refractivity contribution in [1.29, 1.82) is 0 Å². The summed E-state index contributed by atoms with van der Waals surface area (Å²) in [6.45, 7) is 0. The Hall–Kier alpha value is -3.69. The van der Waals surface area contributed by atoms with E-state index in [0.717, 1.165) is 17.7 Å². The third kappa shape index (κ3) is 3.61. The van der Waals surface area contributed by atoms with Gasteiger partial charge in [-0.2, -0.15) is 18.3 Å². The minimum Gasteiger partial charge on any atom is -0.359 e. The third-order valence-corrected chi connectivity index (χ3v) is 5.46. The van der Waals surface area contributed by atoms with Crippen molar-refractivity contribution in [2.45, 2.75) is 18.5 Å². The average molecular weight is 446 g/mol. The van der Waals surface area contributed by atoms with Crippen LogP contribution in [0.3, 0.4) is 0 Å². The Balaban J connectivity index is 1.41. The van der Waals surface area contributed by atoms with Crippen molar-refractivity contribution < 1.29 is 26.7 Å². The molecule has 0 saturated heterocycles. The fourth-order valence-electron chi connectivity index (χ4n) is 3.54. The van der Waals surface area contributed by atoms with E-state index in [4.69, 9.17) is 0 Å². The lowest BCUT2D eigenvalue weighted by Gasteiger charge is -2.07. The summed E-state index contributed by atoms with van der Waals surface area (Å²) < 4.78 is 66.1. The number of alkyl halides is 5. The van der Waals surface area contributed by atoms with Gasteiger partial charge in [-0.1, -0.05) is 6.07 Å². The second kappa shape index (κ2) is 6.91. The molecule has 5 nitrogen and oxygen atoms in total. The fourth-order valence-corrected chi connectivity index (χ4v) is 3.54. The molecule has 1 aliphatic carbocycles. The molecule has 0 aliphatic heterocycles. The molecule has 1 fully saturated rings. The number of nitrogens with zero attached hydrogens (tertiary/aromatic N) is 2. The summed E-state index contributed by atoms with van der Waals surface area (Å²) in [5, 5.41) is 7.40. The highest BCUT2D eigenvalue weighted by Crippen LogP contribution is 2.49. The number of aromatic amines is 1. The summed E-state index contributed by atoms with van der Waals surface area (Å²) in [6, 6.07) is 10.0. The van der Waals surface area contributed by atoms with Gasteiger partial charge >= 0.3 is 6.18 Å². The third-order valence-electron chi connectivity index (χ3n) is 5.46. The Kier molecular flexibility index (Phi) is 4.37. The lowest BCUT2D eigenvalue weighted by atomic mass is 10.1. The number of nitrogens with one attached hydrogen (secondary N) is 2. The van der Waals surface area contributed by atoms with E-state index in [1.807, 2.05) is 6.07 Å². The first-order valence-electron chi connectivity index (χ1n) is 9.64. The molecule has 1 atom stereocenters. The predicted octanol–water partition coefficient (Wildman–Crippen LogP) is 5.63. The van der Waals surface area contributed by atoms with Crippen LogP contribution in [-0.4, -0.2) is 26.6 Å². The number of carbonyl (C=O) groups is 1. The van der Waals surface area contributed by atoms with Gasteiger partial charge in [0.05, 0.1) is 23.1 Å². The molecule has 2 N–H and O–H groups in total.